The summed E-state index contributed by atoms with van der Waals surface area (Å²) in [6.07, 6.45) is 3.29. The molecule has 0 aromatic heterocycles. The van der Waals surface area contributed by atoms with Gasteiger partial charge in [0.2, 0.25) is 0 Å². The van der Waals surface area contributed by atoms with Crippen molar-refractivity contribution in [3.8, 4) is 17.2 Å². The lowest BCUT2D eigenvalue weighted by Crippen LogP contribution is -2.16. The summed E-state index contributed by atoms with van der Waals surface area (Å²) in [5.41, 5.74) is 1.07. The molecule has 0 saturated heterocycles. The second-order valence-electron chi connectivity index (χ2n) is 4.04. The van der Waals surface area contributed by atoms with Gasteiger partial charge in [0.15, 0.2) is 11.5 Å². The maximum Gasteiger partial charge on any atom is 0.164 e. The first-order valence-corrected chi connectivity index (χ1v) is 7.64. The third-order valence-corrected chi connectivity index (χ3v) is 3.50. The van der Waals surface area contributed by atoms with E-state index in [9.17, 15) is 0 Å². The monoisotopic (exact) mass is 285 g/mol. The Hall–Kier alpha value is -1.07. The standard InChI is InChI=1S/C14H23NO3S/c1-16-12-9-14(18-3)13(17-2)8-11(12)10-15-6-5-7-19-4/h8-9,15H,5-7,10H2,1-4H3. The number of hydrogen-bond donors (Lipinski definition) is 1. The highest BCUT2D eigenvalue weighted by Gasteiger charge is 2.11. The SMILES string of the molecule is COc1cc(OC)c(OC)cc1CNCCCSC. The zero-order valence-electron chi connectivity index (χ0n) is 12.1. The molecule has 0 saturated carbocycles. The molecule has 0 spiro atoms. The quantitative estimate of drug-likeness (QED) is 0.706. The Labute approximate surface area is 119 Å². The Bertz CT molecular complexity index is 385. The summed E-state index contributed by atoms with van der Waals surface area (Å²) in [5, 5.41) is 3.41. The van der Waals surface area contributed by atoms with E-state index in [0.29, 0.717) is 5.75 Å². The predicted molar refractivity (Wildman–Crippen MR) is 80.8 cm³/mol. The number of rotatable bonds is 9. The molecule has 0 aliphatic carbocycles. The minimum atomic E-state index is 0.686. The van der Waals surface area contributed by atoms with Crippen LogP contribution < -0.4 is 19.5 Å². The fourth-order valence-corrected chi connectivity index (χ4v) is 2.23. The molecule has 0 aliphatic heterocycles. The van der Waals surface area contributed by atoms with Crippen LogP contribution in [-0.2, 0) is 6.54 Å². The molecule has 0 aliphatic rings. The highest BCUT2D eigenvalue weighted by molar-refractivity contribution is 7.98. The van der Waals surface area contributed by atoms with Crippen LogP contribution in [-0.4, -0.2) is 39.9 Å². The first-order valence-electron chi connectivity index (χ1n) is 6.25. The molecular weight excluding hydrogens is 262 g/mol. The summed E-state index contributed by atoms with van der Waals surface area (Å²) in [4.78, 5) is 0. The lowest BCUT2D eigenvalue weighted by Gasteiger charge is -2.14. The molecule has 1 aromatic carbocycles. The van der Waals surface area contributed by atoms with E-state index in [4.69, 9.17) is 14.2 Å². The van der Waals surface area contributed by atoms with Crippen LogP contribution in [0.3, 0.4) is 0 Å². The zero-order valence-corrected chi connectivity index (χ0v) is 12.9. The summed E-state index contributed by atoms with van der Waals surface area (Å²) in [6.45, 7) is 1.76. The van der Waals surface area contributed by atoms with Crippen LogP contribution in [0.2, 0.25) is 0 Å². The van der Waals surface area contributed by atoms with Crippen LogP contribution in [0.1, 0.15) is 12.0 Å². The average molecular weight is 285 g/mol. The third-order valence-electron chi connectivity index (χ3n) is 2.80. The molecule has 0 radical (unpaired) electrons. The Kier molecular flexibility index (Phi) is 7.52. The molecule has 0 atom stereocenters. The molecule has 0 amide bonds. The summed E-state index contributed by atoms with van der Waals surface area (Å²) in [7, 11) is 4.93. The highest BCUT2D eigenvalue weighted by Crippen LogP contribution is 2.34. The van der Waals surface area contributed by atoms with Crippen molar-refractivity contribution in [2.24, 2.45) is 0 Å². The Morgan fingerprint density at radius 1 is 1.00 bits per heavy atom. The van der Waals surface area contributed by atoms with Gasteiger partial charge < -0.3 is 19.5 Å². The van der Waals surface area contributed by atoms with Crippen molar-refractivity contribution in [1.82, 2.24) is 5.32 Å². The Balaban J connectivity index is 2.70. The molecule has 19 heavy (non-hydrogen) atoms. The van der Waals surface area contributed by atoms with E-state index < -0.39 is 0 Å². The van der Waals surface area contributed by atoms with Crippen molar-refractivity contribution >= 4 is 11.8 Å². The molecular formula is C14H23NO3S. The van der Waals surface area contributed by atoms with Gasteiger partial charge in [-0.25, -0.2) is 0 Å². The van der Waals surface area contributed by atoms with Crippen LogP contribution in [0.4, 0.5) is 0 Å². The van der Waals surface area contributed by atoms with Crippen LogP contribution in [0.5, 0.6) is 17.2 Å². The molecule has 0 bridgehead atoms. The van der Waals surface area contributed by atoms with Gasteiger partial charge in [-0.05, 0) is 31.0 Å². The van der Waals surface area contributed by atoms with Gasteiger partial charge in [0, 0.05) is 18.2 Å². The van der Waals surface area contributed by atoms with Gasteiger partial charge in [0.1, 0.15) is 5.75 Å². The van der Waals surface area contributed by atoms with Gasteiger partial charge in [-0.2, -0.15) is 11.8 Å². The Morgan fingerprint density at radius 2 is 1.63 bits per heavy atom. The summed E-state index contributed by atoms with van der Waals surface area (Å²) < 4.78 is 16.0. The molecule has 1 rings (SSSR count). The molecule has 5 heteroatoms. The molecule has 0 fully saturated rings. The van der Waals surface area contributed by atoms with Crippen LogP contribution >= 0.6 is 11.8 Å². The number of methoxy groups -OCH3 is 3. The number of thioether (sulfide) groups is 1. The van der Waals surface area contributed by atoms with E-state index in [0.717, 1.165) is 36.6 Å². The fourth-order valence-electron chi connectivity index (χ4n) is 1.80. The second kappa shape index (κ2) is 8.93. The second-order valence-corrected chi connectivity index (χ2v) is 5.03. The zero-order chi connectivity index (χ0) is 14.1. The summed E-state index contributed by atoms with van der Waals surface area (Å²) in [6, 6.07) is 3.82. The molecule has 4 nitrogen and oxygen atoms in total. The number of nitrogens with one attached hydrogen (secondary N) is 1. The maximum absolute atomic E-state index is 5.39. The molecule has 1 N–H and O–H groups in total. The fraction of sp³-hybridized carbons (Fsp3) is 0.571. The van der Waals surface area contributed by atoms with Crippen molar-refractivity contribution < 1.29 is 14.2 Å². The predicted octanol–water partition coefficient (Wildman–Crippen LogP) is 2.56. The first-order chi connectivity index (χ1) is 9.26. The minimum absolute atomic E-state index is 0.686. The number of benzene rings is 1. The maximum atomic E-state index is 5.39. The molecule has 1 aromatic rings. The van der Waals surface area contributed by atoms with E-state index in [1.807, 2.05) is 23.9 Å². The molecule has 0 heterocycles. The molecule has 0 unspecified atom stereocenters. The number of ether oxygens (including phenoxy) is 3. The largest absolute Gasteiger partial charge is 0.496 e. The van der Waals surface area contributed by atoms with Gasteiger partial charge >= 0.3 is 0 Å². The van der Waals surface area contributed by atoms with Crippen molar-refractivity contribution in [2.75, 3.05) is 39.9 Å². The summed E-state index contributed by atoms with van der Waals surface area (Å²) in [5.74, 6) is 3.40. The van der Waals surface area contributed by atoms with Crippen LogP contribution in [0.25, 0.3) is 0 Å². The van der Waals surface area contributed by atoms with E-state index in [1.54, 1.807) is 21.3 Å². The van der Waals surface area contributed by atoms with E-state index in [1.165, 1.54) is 5.75 Å². The highest BCUT2D eigenvalue weighted by atomic mass is 32.2. The van der Waals surface area contributed by atoms with Gasteiger partial charge in [-0.1, -0.05) is 0 Å². The lowest BCUT2D eigenvalue weighted by atomic mass is 10.1. The molecule has 108 valence electrons. The number of hydrogen-bond acceptors (Lipinski definition) is 5. The van der Waals surface area contributed by atoms with E-state index >= 15 is 0 Å². The third kappa shape index (κ3) is 4.84. The van der Waals surface area contributed by atoms with E-state index in [2.05, 4.69) is 11.6 Å². The average Bonchev–Trinajstić information content (AvgIpc) is 2.46. The van der Waals surface area contributed by atoms with Crippen molar-refractivity contribution in [3.05, 3.63) is 17.7 Å². The summed E-state index contributed by atoms with van der Waals surface area (Å²) >= 11 is 1.87. The smallest absolute Gasteiger partial charge is 0.164 e. The van der Waals surface area contributed by atoms with E-state index in [-0.39, 0.29) is 0 Å². The van der Waals surface area contributed by atoms with Crippen LogP contribution in [0.15, 0.2) is 12.1 Å². The van der Waals surface area contributed by atoms with Crippen molar-refractivity contribution in [3.63, 3.8) is 0 Å². The van der Waals surface area contributed by atoms with Gasteiger partial charge in [0.05, 0.1) is 21.3 Å². The lowest BCUT2D eigenvalue weighted by molar-refractivity contribution is 0.347. The Morgan fingerprint density at radius 3 is 2.21 bits per heavy atom. The topological polar surface area (TPSA) is 39.7 Å². The van der Waals surface area contributed by atoms with Crippen molar-refractivity contribution in [1.29, 1.82) is 0 Å². The van der Waals surface area contributed by atoms with Gasteiger partial charge in [-0.15, -0.1) is 0 Å². The minimum Gasteiger partial charge on any atom is -0.496 e. The van der Waals surface area contributed by atoms with Gasteiger partial charge in [-0.3, -0.25) is 0 Å². The van der Waals surface area contributed by atoms with Crippen molar-refractivity contribution in [2.45, 2.75) is 13.0 Å². The normalized spacial score (nSPS) is 10.3. The van der Waals surface area contributed by atoms with Gasteiger partial charge in [0.25, 0.3) is 0 Å². The first kappa shape index (κ1) is 16.0. The van der Waals surface area contributed by atoms with Crippen LogP contribution in [0, 0.1) is 0 Å².